The van der Waals surface area contributed by atoms with E-state index in [0.717, 1.165) is 0 Å². The van der Waals surface area contributed by atoms with Crippen LogP contribution in [0.3, 0.4) is 0 Å². The molecule has 0 aromatic heterocycles. The maximum absolute atomic E-state index is 13.7. The van der Waals surface area contributed by atoms with Crippen LogP contribution in [0, 0.1) is 5.82 Å². The van der Waals surface area contributed by atoms with E-state index in [2.05, 4.69) is 28.8 Å². The number of ether oxygens (including phenoxy) is 1. The Bertz CT molecular complexity index is 952. The van der Waals surface area contributed by atoms with Crippen LogP contribution in [-0.4, -0.2) is 44.5 Å². The van der Waals surface area contributed by atoms with Crippen LogP contribution < -0.4 is 15.9 Å². The van der Waals surface area contributed by atoms with Gasteiger partial charge in [0.2, 0.25) is 0 Å². The van der Waals surface area contributed by atoms with E-state index in [4.69, 9.17) is 16.3 Å². The zero-order chi connectivity index (χ0) is 21.8. The Balaban J connectivity index is 2.33. The van der Waals surface area contributed by atoms with Crippen molar-refractivity contribution in [1.82, 2.24) is 10.2 Å². The molecule has 156 valence electrons. The summed E-state index contributed by atoms with van der Waals surface area (Å²) in [7, 11) is 0.591. The Hall–Kier alpha value is -2.50. The molecule has 6 nitrogen and oxygen atoms in total. The summed E-state index contributed by atoms with van der Waals surface area (Å²) in [5, 5.41) is 6.95. The van der Waals surface area contributed by atoms with E-state index in [-0.39, 0.29) is 0 Å². The number of rotatable bonds is 7. The highest BCUT2D eigenvalue weighted by Gasteiger charge is 2.24. The van der Waals surface area contributed by atoms with Crippen LogP contribution in [0.25, 0.3) is 0 Å². The molecule has 1 aliphatic rings. The third kappa shape index (κ3) is 5.75. The lowest BCUT2D eigenvalue weighted by molar-refractivity contribution is 0.267. The molecule has 0 aliphatic carbocycles. The zero-order valence-corrected chi connectivity index (χ0v) is 18.5. The monoisotopic (exact) mass is 438 g/mol. The molecule has 2 rings (SSSR count). The molecule has 0 bridgehead atoms. The van der Waals surface area contributed by atoms with Gasteiger partial charge in [0.15, 0.2) is 6.29 Å². The lowest BCUT2D eigenvalue weighted by atomic mass is 10.3. The predicted octanol–water partition coefficient (Wildman–Crippen LogP) is 4.01. The van der Waals surface area contributed by atoms with E-state index in [0.29, 0.717) is 33.3 Å². The number of aliphatic imine (C=N–C) groups is 1. The van der Waals surface area contributed by atoms with Gasteiger partial charge in [0.1, 0.15) is 24.6 Å². The van der Waals surface area contributed by atoms with Crippen LogP contribution in [0.1, 0.15) is 0 Å². The molecule has 2 N–H and O–H groups in total. The standard InChI is InChI=1S/C20H25ClFN4O2P/c1-7-8-17(28-4)13(2)23-20-25-19(15(21)12-26(20)3)24-16-10-9-14(22)11-18(16)29(5,6)27/h7-12,20,23H,1-2H2,3-6H3,(H,24,25)/b17-8+. The number of allylic oxidation sites excluding steroid dienone is 2. The minimum Gasteiger partial charge on any atom is -0.495 e. The fourth-order valence-electron chi connectivity index (χ4n) is 2.62. The summed E-state index contributed by atoms with van der Waals surface area (Å²) in [5.41, 5.74) is 0.990. The molecule has 0 saturated heterocycles. The number of amidine groups is 1. The molecule has 1 atom stereocenters. The summed E-state index contributed by atoms with van der Waals surface area (Å²) in [6, 6.07) is 4.07. The molecule has 9 heteroatoms. The first-order chi connectivity index (χ1) is 13.6. The molecule has 1 heterocycles. The molecular weight excluding hydrogens is 414 g/mol. The van der Waals surface area contributed by atoms with Crippen molar-refractivity contribution in [3.05, 3.63) is 72.0 Å². The largest absolute Gasteiger partial charge is 0.495 e. The fourth-order valence-corrected chi connectivity index (χ4v) is 4.02. The summed E-state index contributed by atoms with van der Waals surface area (Å²) in [5.74, 6) is 0.402. The highest BCUT2D eigenvalue weighted by molar-refractivity contribution is 7.70. The SMILES string of the molecule is C=C/C=C(/OC)C(=C)NC1N=C(Nc2ccc(F)cc2P(C)(C)=O)C(Cl)=CN1C. The van der Waals surface area contributed by atoms with Gasteiger partial charge < -0.3 is 24.8 Å². The van der Waals surface area contributed by atoms with Gasteiger partial charge >= 0.3 is 0 Å². The summed E-state index contributed by atoms with van der Waals surface area (Å²) in [6.45, 7) is 10.8. The molecule has 0 fully saturated rings. The van der Waals surface area contributed by atoms with E-state index in [9.17, 15) is 8.96 Å². The van der Waals surface area contributed by atoms with Crippen molar-refractivity contribution in [3.63, 3.8) is 0 Å². The highest BCUT2D eigenvalue weighted by atomic mass is 35.5. The zero-order valence-electron chi connectivity index (χ0n) is 16.9. The van der Waals surface area contributed by atoms with E-state index in [1.54, 1.807) is 43.6 Å². The highest BCUT2D eigenvalue weighted by Crippen LogP contribution is 2.38. The van der Waals surface area contributed by atoms with Gasteiger partial charge in [-0.3, -0.25) is 0 Å². The Kier molecular flexibility index (Phi) is 7.33. The van der Waals surface area contributed by atoms with Gasteiger partial charge in [-0.05, 0) is 37.6 Å². The first-order valence-electron chi connectivity index (χ1n) is 8.69. The maximum Gasteiger partial charge on any atom is 0.198 e. The van der Waals surface area contributed by atoms with Crippen molar-refractivity contribution >= 4 is 35.6 Å². The van der Waals surface area contributed by atoms with Crippen molar-refractivity contribution in [3.8, 4) is 0 Å². The molecule has 1 aliphatic heterocycles. The Morgan fingerprint density at radius 3 is 2.72 bits per heavy atom. The predicted molar refractivity (Wildman–Crippen MR) is 120 cm³/mol. The number of hydrogen-bond acceptors (Lipinski definition) is 6. The van der Waals surface area contributed by atoms with Crippen LogP contribution in [0.4, 0.5) is 10.1 Å². The molecular formula is C20H25ClFN4O2P. The molecule has 29 heavy (non-hydrogen) atoms. The van der Waals surface area contributed by atoms with E-state index >= 15 is 0 Å². The minimum absolute atomic E-state index is 0.349. The van der Waals surface area contributed by atoms with E-state index < -0.39 is 19.2 Å². The van der Waals surface area contributed by atoms with Gasteiger partial charge in [-0.2, -0.15) is 0 Å². The molecule has 1 unspecified atom stereocenters. The van der Waals surface area contributed by atoms with Crippen molar-refractivity contribution in [2.45, 2.75) is 6.29 Å². The summed E-state index contributed by atoms with van der Waals surface area (Å²) < 4.78 is 31.6. The molecule has 0 amide bonds. The second-order valence-electron chi connectivity index (χ2n) is 6.72. The van der Waals surface area contributed by atoms with Crippen LogP contribution in [0.5, 0.6) is 0 Å². The van der Waals surface area contributed by atoms with Crippen molar-refractivity contribution < 1.29 is 13.7 Å². The van der Waals surface area contributed by atoms with E-state index in [1.807, 2.05) is 0 Å². The van der Waals surface area contributed by atoms with Gasteiger partial charge in [0.05, 0.1) is 23.5 Å². The summed E-state index contributed by atoms with van der Waals surface area (Å²) in [6.07, 6.45) is 4.42. The minimum atomic E-state index is -2.74. The Morgan fingerprint density at radius 2 is 2.14 bits per heavy atom. The number of methoxy groups -OCH3 is 1. The Labute approximate surface area is 175 Å². The smallest absolute Gasteiger partial charge is 0.198 e. The number of hydrogen-bond donors (Lipinski definition) is 2. The van der Waals surface area contributed by atoms with Crippen LogP contribution in [0.2, 0.25) is 0 Å². The van der Waals surface area contributed by atoms with Crippen LogP contribution >= 0.6 is 18.7 Å². The second-order valence-corrected chi connectivity index (χ2v) is 10.3. The maximum atomic E-state index is 13.7. The molecule has 0 saturated carbocycles. The third-order valence-electron chi connectivity index (χ3n) is 4.06. The van der Waals surface area contributed by atoms with Gasteiger partial charge in [-0.25, -0.2) is 9.38 Å². The van der Waals surface area contributed by atoms with E-state index in [1.165, 1.54) is 25.3 Å². The molecule has 1 aromatic carbocycles. The van der Waals surface area contributed by atoms with Crippen LogP contribution in [-0.2, 0) is 9.30 Å². The summed E-state index contributed by atoms with van der Waals surface area (Å²) in [4.78, 5) is 6.33. The van der Waals surface area contributed by atoms with Crippen molar-refractivity contribution in [1.29, 1.82) is 0 Å². The molecule has 0 radical (unpaired) electrons. The van der Waals surface area contributed by atoms with Gasteiger partial charge in [-0.1, -0.05) is 30.8 Å². The molecule has 1 aromatic rings. The lowest BCUT2D eigenvalue weighted by Crippen LogP contribution is -2.43. The number of anilines is 1. The number of nitrogens with zero attached hydrogens (tertiary/aromatic N) is 2. The third-order valence-corrected chi connectivity index (χ3v) is 5.87. The lowest BCUT2D eigenvalue weighted by Gasteiger charge is -2.31. The first kappa shape index (κ1) is 22.8. The number of halogens is 2. The Morgan fingerprint density at radius 1 is 1.45 bits per heavy atom. The second kappa shape index (κ2) is 9.33. The average molecular weight is 439 g/mol. The summed E-state index contributed by atoms with van der Waals surface area (Å²) >= 11 is 6.35. The number of benzene rings is 1. The quantitative estimate of drug-likeness (QED) is 0.382. The van der Waals surface area contributed by atoms with Crippen molar-refractivity contribution in [2.75, 3.05) is 32.8 Å². The normalized spacial score (nSPS) is 17.2. The van der Waals surface area contributed by atoms with Crippen molar-refractivity contribution in [2.24, 2.45) is 4.99 Å². The van der Waals surface area contributed by atoms with Gasteiger partial charge in [0.25, 0.3) is 0 Å². The first-order valence-corrected chi connectivity index (χ1v) is 11.7. The topological polar surface area (TPSA) is 66.0 Å². The van der Waals surface area contributed by atoms with Gasteiger partial charge in [0, 0.05) is 18.6 Å². The number of nitrogens with one attached hydrogen (secondary N) is 2. The van der Waals surface area contributed by atoms with Crippen LogP contribution in [0.15, 0.2) is 71.2 Å². The average Bonchev–Trinajstić information content (AvgIpc) is 2.63. The van der Waals surface area contributed by atoms with Gasteiger partial charge in [-0.15, -0.1) is 0 Å². The fraction of sp³-hybridized carbons (Fsp3) is 0.250. The molecule has 0 spiro atoms.